The monoisotopic (exact) mass is 600 g/mol. The summed E-state index contributed by atoms with van der Waals surface area (Å²) < 4.78 is 0. The lowest BCUT2D eigenvalue weighted by atomic mass is 9.35. The van der Waals surface area contributed by atoms with Gasteiger partial charge in [0, 0.05) is 11.1 Å². The second kappa shape index (κ2) is 8.10. The highest BCUT2D eigenvalue weighted by Gasteiger charge is 2.43. The molecular formula is C44H22B2N2. The molecule has 0 fully saturated rings. The summed E-state index contributed by atoms with van der Waals surface area (Å²) in [6.45, 7) is 0.379. The summed E-state index contributed by atoms with van der Waals surface area (Å²) in [6, 6.07) is 49.8. The highest BCUT2D eigenvalue weighted by Crippen LogP contribution is 2.44. The van der Waals surface area contributed by atoms with Crippen LogP contribution in [0.5, 0.6) is 0 Å². The van der Waals surface area contributed by atoms with Gasteiger partial charge in [-0.05, 0) is 67.1 Å². The van der Waals surface area contributed by atoms with Gasteiger partial charge in [-0.25, -0.2) is 9.97 Å². The molecule has 2 nitrogen and oxygen atoms in total. The summed E-state index contributed by atoms with van der Waals surface area (Å²) in [4.78, 5) is 11.4. The van der Waals surface area contributed by atoms with E-state index in [-0.39, 0.29) is 13.4 Å². The molecule has 0 spiro atoms. The molecule has 0 aliphatic carbocycles. The molecule has 214 valence electrons. The van der Waals surface area contributed by atoms with Crippen molar-refractivity contribution in [3.63, 3.8) is 0 Å². The van der Waals surface area contributed by atoms with Crippen LogP contribution >= 0.6 is 0 Å². The lowest BCUT2D eigenvalue weighted by Gasteiger charge is -2.27. The van der Waals surface area contributed by atoms with Crippen molar-refractivity contribution in [3.8, 4) is 44.5 Å². The Bertz CT molecular complexity index is 2820. The molecule has 0 N–H and O–H groups in total. The molecular weight excluding hydrogens is 578 g/mol. The quantitative estimate of drug-likeness (QED) is 0.157. The lowest BCUT2D eigenvalue weighted by Crippen LogP contribution is -2.52. The Kier molecular flexibility index (Phi) is 4.09. The number of nitrogens with zero attached hydrogens (tertiary/aromatic N) is 2. The first-order valence-corrected chi connectivity index (χ1v) is 16.9. The molecule has 0 saturated heterocycles. The number of hydrogen-bond acceptors (Lipinski definition) is 2. The number of fused-ring (bicyclic) bond motifs is 14. The topological polar surface area (TPSA) is 25.8 Å². The van der Waals surface area contributed by atoms with E-state index >= 15 is 0 Å². The Hall–Kier alpha value is -5.99. The summed E-state index contributed by atoms with van der Waals surface area (Å²) in [5, 5.41) is 5.25. The first-order valence-electron chi connectivity index (χ1n) is 16.9. The SMILES string of the molecule is c1ccc2c(c1)B1c3c-2cc2nc4c5c6c(cc4nc2c3-c2cccc3cccc1c23)-c1ccccc1B6c1cccc2cccc-5c12. The van der Waals surface area contributed by atoms with Crippen LogP contribution in [-0.2, 0) is 0 Å². The minimum Gasteiger partial charge on any atom is -0.244 e. The predicted octanol–water partition coefficient (Wildman–Crippen LogP) is 6.04. The zero-order chi connectivity index (χ0) is 30.8. The van der Waals surface area contributed by atoms with Crippen LogP contribution in [-0.4, -0.2) is 23.4 Å². The highest BCUT2D eigenvalue weighted by molar-refractivity contribution is 7.03. The zero-order valence-electron chi connectivity index (χ0n) is 25.8. The van der Waals surface area contributed by atoms with Gasteiger partial charge in [-0.1, -0.05) is 154 Å². The van der Waals surface area contributed by atoms with Crippen molar-refractivity contribution in [2.24, 2.45) is 0 Å². The molecule has 1 aromatic heterocycles. The van der Waals surface area contributed by atoms with E-state index in [0.29, 0.717) is 0 Å². The minimum atomic E-state index is 0.189. The van der Waals surface area contributed by atoms with Gasteiger partial charge in [-0.3, -0.25) is 0 Å². The third kappa shape index (κ3) is 2.63. The maximum atomic E-state index is 5.68. The largest absolute Gasteiger partial charge is 0.244 e. The maximum absolute atomic E-state index is 5.68. The lowest BCUT2D eigenvalue weighted by molar-refractivity contribution is 1.40. The highest BCUT2D eigenvalue weighted by atomic mass is 14.8. The number of benzene rings is 8. The van der Waals surface area contributed by atoms with Gasteiger partial charge in [0.1, 0.15) is 0 Å². The van der Waals surface area contributed by atoms with Crippen LogP contribution in [0.25, 0.3) is 88.1 Å². The van der Waals surface area contributed by atoms with Crippen LogP contribution < -0.4 is 32.8 Å². The normalized spacial score (nSPS) is 13.8. The zero-order valence-corrected chi connectivity index (χ0v) is 25.8. The smallest absolute Gasteiger partial charge is 0.244 e. The average molecular weight is 600 g/mol. The van der Waals surface area contributed by atoms with Crippen molar-refractivity contribution in [2.75, 3.05) is 0 Å². The van der Waals surface area contributed by atoms with Crippen molar-refractivity contribution < 1.29 is 0 Å². The van der Waals surface area contributed by atoms with Gasteiger partial charge in [0.15, 0.2) is 0 Å². The summed E-state index contributed by atoms with van der Waals surface area (Å²) in [5.74, 6) is 0. The Morgan fingerprint density at radius 2 is 0.750 bits per heavy atom. The fourth-order valence-electron chi connectivity index (χ4n) is 10.2. The second-order valence-corrected chi connectivity index (χ2v) is 13.9. The summed E-state index contributed by atoms with van der Waals surface area (Å²) in [5.41, 5.74) is 22.5. The van der Waals surface area contributed by atoms with Gasteiger partial charge in [-0.2, -0.15) is 0 Å². The predicted molar refractivity (Wildman–Crippen MR) is 203 cm³/mol. The van der Waals surface area contributed by atoms with Gasteiger partial charge in [0.05, 0.1) is 22.1 Å². The third-order valence-electron chi connectivity index (χ3n) is 11.8. The van der Waals surface area contributed by atoms with E-state index in [4.69, 9.17) is 9.97 Å². The molecule has 9 aromatic rings. The van der Waals surface area contributed by atoms with E-state index in [1.807, 2.05) is 0 Å². The molecule has 4 heteroatoms. The summed E-state index contributed by atoms with van der Waals surface area (Å²) in [7, 11) is 0. The van der Waals surface area contributed by atoms with Crippen LogP contribution in [0, 0.1) is 0 Å². The molecule has 0 saturated carbocycles. The molecule has 13 rings (SSSR count). The molecule has 0 amide bonds. The molecule has 48 heavy (non-hydrogen) atoms. The molecule has 8 aromatic carbocycles. The van der Waals surface area contributed by atoms with Crippen molar-refractivity contribution in [1.82, 2.24) is 9.97 Å². The number of aromatic nitrogens is 2. The summed E-state index contributed by atoms with van der Waals surface area (Å²) >= 11 is 0. The van der Waals surface area contributed by atoms with Crippen LogP contribution in [0.15, 0.2) is 133 Å². The third-order valence-corrected chi connectivity index (χ3v) is 11.8. The Labute approximate surface area is 276 Å². The minimum absolute atomic E-state index is 0.189. The molecule has 4 aliphatic heterocycles. The molecule has 0 radical (unpaired) electrons. The molecule has 0 bridgehead atoms. The molecule has 4 aliphatic rings. The average Bonchev–Trinajstić information content (AvgIpc) is 3.64. The van der Waals surface area contributed by atoms with Gasteiger partial charge >= 0.3 is 0 Å². The second-order valence-electron chi connectivity index (χ2n) is 13.9. The van der Waals surface area contributed by atoms with E-state index in [2.05, 4.69) is 133 Å². The van der Waals surface area contributed by atoms with Gasteiger partial charge < -0.3 is 0 Å². The Morgan fingerprint density at radius 1 is 0.354 bits per heavy atom. The van der Waals surface area contributed by atoms with Gasteiger partial charge in [-0.15, -0.1) is 0 Å². The fraction of sp³-hybridized carbons (Fsp3) is 0. The number of hydrogen-bond donors (Lipinski definition) is 0. The van der Waals surface area contributed by atoms with Crippen molar-refractivity contribution in [3.05, 3.63) is 133 Å². The van der Waals surface area contributed by atoms with Gasteiger partial charge in [0.2, 0.25) is 13.4 Å². The summed E-state index contributed by atoms with van der Waals surface area (Å²) in [6.07, 6.45) is 0. The standard InChI is InChI=1S/C44H22B2N2/c1-3-17-31-25(13-1)29-21-35-43(39-27-15-5-9-23-11-7-19-33(37(23)27)45(31)41(29)39)48-36-22-30-26-14-2-4-18-32(26)46-34-20-8-12-24-10-6-16-28(38(24)34)40(42(30)46)44(36)47-35/h1-22H. The molecule has 0 atom stereocenters. The van der Waals surface area contributed by atoms with E-state index in [1.54, 1.807) is 0 Å². The molecule has 5 heterocycles. The van der Waals surface area contributed by atoms with E-state index < -0.39 is 0 Å². The van der Waals surface area contributed by atoms with Gasteiger partial charge in [0.25, 0.3) is 0 Å². The Morgan fingerprint density at radius 3 is 1.23 bits per heavy atom. The van der Waals surface area contributed by atoms with Crippen molar-refractivity contribution >= 4 is 89.8 Å². The van der Waals surface area contributed by atoms with E-state index in [0.717, 1.165) is 22.1 Å². The van der Waals surface area contributed by atoms with Crippen LogP contribution in [0.3, 0.4) is 0 Å². The maximum Gasteiger partial charge on any atom is 0.244 e. The van der Waals surface area contributed by atoms with Crippen LogP contribution in [0.2, 0.25) is 0 Å². The number of rotatable bonds is 0. The van der Waals surface area contributed by atoms with E-state index in [1.165, 1.54) is 98.8 Å². The van der Waals surface area contributed by atoms with Crippen LogP contribution in [0.1, 0.15) is 0 Å². The fourth-order valence-corrected chi connectivity index (χ4v) is 10.2. The van der Waals surface area contributed by atoms with E-state index in [9.17, 15) is 0 Å². The first-order chi connectivity index (χ1) is 23.8. The van der Waals surface area contributed by atoms with Crippen molar-refractivity contribution in [2.45, 2.75) is 0 Å². The van der Waals surface area contributed by atoms with Crippen LogP contribution in [0.4, 0.5) is 0 Å². The Balaban J connectivity index is 1.24. The molecule has 0 unspecified atom stereocenters. The first kappa shape index (κ1) is 24.2. The van der Waals surface area contributed by atoms with Crippen molar-refractivity contribution in [1.29, 1.82) is 0 Å².